The van der Waals surface area contributed by atoms with E-state index in [1.807, 2.05) is 0 Å². The summed E-state index contributed by atoms with van der Waals surface area (Å²) in [5.74, 6) is 0. The van der Waals surface area contributed by atoms with Gasteiger partial charge in [-0.15, -0.1) is 0 Å². The van der Waals surface area contributed by atoms with Crippen molar-refractivity contribution in [3.8, 4) is 0 Å². The smallest absolute Gasteiger partial charge is 0.0620 e. The summed E-state index contributed by atoms with van der Waals surface area (Å²) >= 11 is 0. The average molecular weight is 253 g/mol. The number of ether oxygens (including phenoxy) is 1. The van der Waals surface area contributed by atoms with E-state index in [2.05, 4.69) is 22.2 Å². The quantitative estimate of drug-likeness (QED) is 0.767. The summed E-state index contributed by atoms with van der Waals surface area (Å²) in [7, 11) is 2.23. The third-order valence-electron chi connectivity index (χ3n) is 4.81. The van der Waals surface area contributed by atoms with Crippen molar-refractivity contribution in [1.82, 2.24) is 15.1 Å². The number of piperazine rings is 1. The molecule has 2 heterocycles. The number of hydrogen-bond donors (Lipinski definition) is 1. The van der Waals surface area contributed by atoms with Gasteiger partial charge in [0.15, 0.2) is 0 Å². The van der Waals surface area contributed by atoms with Gasteiger partial charge >= 0.3 is 0 Å². The highest BCUT2D eigenvalue weighted by Crippen LogP contribution is 2.45. The molecule has 3 aliphatic rings. The average Bonchev–Trinajstić information content (AvgIpc) is 2.93. The van der Waals surface area contributed by atoms with E-state index in [0.29, 0.717) is 11.5 Å². The fourth-order valence-electron chi connectivity index (χ4n) is 3.10. The second-order valence-corrected chi connectivity index (χ2v) is 6.52. The zero-order chi connectivity index (χ0) is 12.4. The third-order valence-corrected chi connectivity index (χ3v) is 4.81. The molecule has 0 radical (unpaired) electrons. The monoisotopic (exact) mass is 253 g/mol. The Morgan fingerprint density at radius 2 is 2.00 bits per heavy atom. The minimum absolute atomic E-state index is 0.596. The molecule has 1 N–H and O–H groups in total. The second-order valence-electron chi connectivity index (χ2n) is 6.52. The van der Waals surface area contributed by atoms with Gasteiger partial charge in [0, 0.05) is 51.9 Å². The van der Waals surface area contributed by atoms with Crippen LogP contribution in [-0.2, 0) is 4.74 Å². The Balaban J connectivity index is 1.40. The Labute approximate surface area is 111 Å². The van der Waals surface area contributed by atoms with E-state index in [1.54, 1.807) is 0 Å². The topological polar surface area (TPSA) is 27.7 Å². The third kappa shape index (κ3) is 3.23. The maximum absolute atomic E-state index is 5.43. The van der Waals surface area contributed by atoms with E-state index < -0.39 is 0 Å². The van der Waals surface area contributed by atoms with Crippen molar-refractivity contribution in [3.63, 3.8) is 0 Å². The van der Waals surface area contributed by atoms with Crippen LogP contribution >= 0.6 is 0 Å². The zero-order valence-electron chi connectivity index (χ0n) is 11.7. The van der Waals surface area contributed by atoms with Crippen LogP contribution in [0.15, 0.2) is 0 Å². The molecule has 2 aliphatic heterocycles. The van der Waals surface area contributed by atoms with Gasteiger partial charge < -0.3 is 19.9 Å². The molecule has 3 fully saturated rings. The minimum atomic E-state index is 0.596. The normalized spacial score (nSPS) is 32.8. The Kier molecular flexibility index (Phi) is 3.89. The minimum Gasteiger partial charge on any atom is -0.380 e. The van der Waals surface area contributed by atoms with E-state index in [-0.39, 0.29) is 0 Å². The molecule has 1 aliphatic carbocycles. The summed E-state index contributed by atoms with van der Waals surface area (Å²) in [6.45, 7) is 9.36. The van der Waals surface area contributed by atoms with Crippen molar-refractivity contribution in [3.05, 3.63) is 0 Å². The Morgan fingerprint density at radius 1 is 1.22 bits per heavy atom. The van der Waals surface area contributed by atoms with Crippen molar-refractivity contribution in [2.75, 3.05) is 59.5 Å². The first-order valence-corrected chi connectivity index (χ1v) is 7.48. The lowest BCUT2D eigenvalue weighted by molar-refractivity contribution is 0.128. The van der Waals surface area contributed by atoms with Gasteiger partial charge in [-0.05, 0) is 31.7 Å². The number of nitrogens with zero attached hydrogens (tertiary/aromatic N) is 2. The predicted molar refractivity (Wildman–Crippen MR) is 72.8 cm³/mol. The van der Waals surface area contributed by atoms with Crippen LogP contribution in [0.1, 0.15) is 19.3 Å². The van der Waals surface area contributed by atoms with Gasteiger partial charge in [0.25, 0.3) is 0 Å². The highest BCUT2D eigenvalue weighted by atomic mass is 16.5. The summed E-state index contributed by atoms with van der Waals surface area (Å²) < 4.78 is 5.43. The molecule has 18 heavy (non-hydrogen) atoms. The molecule has 0 aromatic heterocycles. The van der Waals surface area contributed by atoms with Gasteiger partial charge in [0.1, 0.15) is 0 Å². The molecule has 4 heteroatoms. The molecule has 0 aromatic rings. The van der Waals surface area contributed by atoms with E-state index in [4.69, 9.17) is 4.74 Å². The fourth-order valence-corrected chi connectivity index (χ4v) is 3.10. The standard InChI is InChI=1S/C14H27N3O/c1-16-5-7-17(8-6-16)12-14(3-4-14)11-15-13-2-9-18-10-13/h13,15H,2-12H2,1H3. The van der Waals surface area contributed by atoms with Crippen molar-refractivity contribution >= 4 is 0 Å². The summed E-state index contributed by atoms with van der Waals surface area (Å²) in [5, 5.41) is 3.72. The first-order valence-electron chi connectivity index (χ1n) is 7.48. The van der Waals surface area contributed by atoms with Crippen LogP contribution in [0.4, 0.5) is 0 Å². The number of nitrogens with one attached hydrogen (secondary N) is 1. The molecule has 1 atom stereocenters. The van der Waals surface area contributed by atoms with Crippen LogP contribution in [0.3, 0.4) is 0 Å². The van der Waals surface area contributed by atoms with Crippen molar-refractivity contribution in [2.24, 2.45) is 5.41 Å². The first kappa shape index (κ1) is 12.9. The summed E-state index contributed by atoms with van der Waals surface area (Å²) in [4.78, 5) is 5.10. The van der Waals surface area contributed by atoms with Crippen molar-refractivity contribution in [1.29, 1.82) is 0 Å². The highest BCUT2D eigenvalue weighted by molar-refractivity contribution is 4.98. The van der Waals surface area contributed by atoms with Crippen LogP contribution in [-0.4, -0.2) is 75.4 Å². The van der Waals surface area contributed by atoms with Gasteiger partial charge in [-0.25, -0.2) is 0 Å². The molecule has 3 rings (SSSR count). The maximum atomic E-state index is 5.43. The molecule has 0 bridgehead atoms. The SMILES string of the molecule is CN1CCN(CC2(CNC3CCOC3)CC2)CC1. The second kappa shape index (κ2) is 5.45. The van der Waals surface area contributed by atoms with E-state index >= 15 is 0 Å². The molecule has 0 aromatic carbocycles. The van der Waals surface area contributed by atoms with Crippen LogP contribution in [0.5, 0.6) is 0 Å². The van der Waals surface area contributed by atoms with E-state index in [9.17, 15) is 0 Å². The van der Waals surface area contributed by atoms with Gasteiger partial charge in [-0.2, -0.15) is 0 Å². The van der Waals surface area contributed by atoms with Crippen LogP contribution in [0.2, 0.25) is 0 Å². The predicted octanol–water partition coefficient (Wildman–Crippen LogP) is 0.393. The summed E-state index contributed by atoms with van der Waals surface area (Å²) in [6, 6.07) is 0.620. The summed E-state index contributed by atoms with van der Waals surface area (Å²) in [6.07, 6.45) is 4.03. The molecule has 1 saturated carbocycles. The van der Waals surface area contributed by atoms with E-state index in [1.165, 1.54) is 58.5 Å². The number of likely N-dealkylation sites (N-methyl/N-ethyl adjacent to an activating group) is 1. The molecule has 1 unspecified atom stereocenters. The van der Waals surface area contributed by atoms with Gasteiger partial charge in [-0.3, -0.25) is 0 Å². The molecule has 4 nitrogen and oxygen atoms in total. The van der Waals surface area contributed by atoms with Gasteiger partial charge in [0.05, 0.1) is 6.61 Å². The van der Waals surface area contributed by atoms with Crippen molar-refractivity contribution in [2.45, 2.75) is 25.3 Å². The van der Waals surface area contributed by atoms with Gasteiger partial charge in [-0.1, -0.05) is 0 Å². The highest BCUT2D eigenvalue weighted by Gasteiger charge is 2.44. The maximum Gasteiger partial charge on any atom is 0.0620 e. The molecule has 0 spiro atoms. The fraction of sp³-hybridized carbons (Fsp3) is 1.00. The van der Waals surface area contributed by atoms with E-state index in [0.717, 1.165) is 13.2 Å². The van der Waals surface area contributed by atoms with Crippen LogP contribution in [0.25, 0.3) is 0 Å². The lowest BCUT2D eigenvalue weighted by atomic mass is 10.1. The molecule has 2 saturated heterocycles. The Bertz CT molecular complexity index is 266. The van der Waals surface area contributed by atoms with Gasteiger partial charge in [0.2, 0.25) is 0 Å². The van der Waals surface area contributed by atoms with Crippen molar-refractivity contribution < 1.29 is 4.74 Å². The van der Waals surface area contributed by atoms with Crippen LogP contribution < -0.4 is 5.32 Å². The largest absolute Gasteiger partial charge is 0.380 e. The Hall–Kier alpha value is -0.160. The first-order chi connectivity index (χ1) is 8.76. The molecule has 104 valence electrons. The lowest BCUT2D eigenvalue weighted by Gasteiger charge is -2.35. The lowest BCUT2D eigenvalue weighted by Crippen LogP contribution is -2.48. The Morgan fingerprint density at radius 3 is 2.61 bits per heavy atom. The summed E-state index contributed by atoms with van der Waals surface area (Å²) in [5.41, 5.74) is 0.596. The number of hydrogen-bond acceptors (Lipinski definition) is 4. The zero-order valence-corrected chi connectivity index (χ0v) is 11.7. The molecule has 0 amide bonds. The molecular formula is C14H27N3O. The van der Waals surface area contributed by atoms with Crippen LogP contribution in [0, 0.1) is 5.41 Å². The molecular weight excluding hydrogens is 226 g/mol. The number of rotatable bonds is 5.